The van der Waals surface area contributed by atoms with Gasteiger partial charge in [0, 0.05) is 17.4 Å². The van der Waals surface area contributed by atoms with Crippen LogP contribution in [0, 0.1) is 10.1 Å². The summed E-state index contributed by atoms with van der Waals surface area (Å²) in [5.74, 6) is 0. The van der Waals surface area contributed by atoms with E-state index >= 15 is 0 Å². The molecule has 0 saturated heterocycles. The van der Waals surface area contributed by atoms with Gasteiger partial charge in [-0.3, -0.25) is 14.7 Å². The predicted molar refractivity (Wildman–Crippen MR) is 72.7 cm³/mol. The highest BCUT2D eigenvalue weighted by Gasteiger charge is 2.21. The summed E-state index contributed by atoms with van der Waals surface area (Å²) in [6.07, 6.45) is -0.0327. The summed E-state index contributed by atoms with van der Waals surface area (Å²) in [4.78, 5) is 20.1. The Morgan fingerprint density at radius 3 is 2.16 bits per heavy atom. The number of hydrogen-bond acceptors (Lipinski definition) is 3. The highest BCUT2D eigenvalue weighted by Crippen LogP contribution is 2.43. The van der Waals surface area contributed by atoms with Crippen LogP contribution in [0.5, 0.6) is 0 Å². The molecular formula is C13H12NO4P. The fourth-order valence-electron chi connectivity index (χ4n) is 1.72. The van der Waals surface area contributed by atoms with Crippen molar-refractivity contribution in [2.75, 3.05) is 0 Å². The Kier molecular flexibility index (Phi) is 3.79. The first-order valence-electron chi connectivity index (χ1n) is 5.60. The van der Waals surface area contributed by atoms with Gasteiger partial charge in [0.05, 0.1) is 11.1 Å². The molecule has 6 heteroatoms. The smallest absolute Gasteiger partial charge is 0.269 e. The van der Waals surface area contributed by atoms with Crippen molar-refractivity contribution >= 4 is 18.4 Å². The van der Waals surface area contributed by atoms with Gasteiger partial charge in [0.2, 0.25) is 7.37 Å². The first-order chi connectivity index (χ1) is 8.99. The number of nitro groups is 1. The van der Waals surface area contributed by atoms with Crippen molar-refractivity contribution in [2.45, 2.75) is 6.16 Å². The van der Waals surface area contributed by atoms with E-state index in [9.17, 15) is 19.6 Å². The van der Waals surface area contributed by atoms with Crippen LogP contribution in [0.3, 0.4) is 0 Å². The van der Waals surface area contributed by atoms with Gasteiger partial charge in [-0.1, -0.05) is 30.3 Å². The zero-order valence-electron chi connectivity index (χ0n) is 9.97. The number of rotatable bonds is 4. The quantitative estimate of drug-likeness (QED) is 0.529. The molecule has 2 rings (SSSR count). The molecule has 0 bridgehead atoms. The molecule has 98 valence electrons. The first kappa shape index (κ1) is 13.5. The molecule has 0 heterocycles. The Hall–Kier alpha value is -1.97. The molecule has 2 aromatic rings. The van der Waals surface area contributed by atoms with Crippen LogP contribution in [-0.4, -0.2) is 9.82 Å². The Balaban J connectivity index is 2.21. The van der Waals surface area contributed by atoms with E-state index in [4.69, 9.17) is 0 Å². The van der Waals surface area contributed by atoms with Crippen LogP contribution in [0.15, 0.2) is 54.6 Å². The average Bonchev–Trinajstić information content (AvgIpc) is 2.40. The van der Waals surface area contributed by atoms with Gasteiger partial charge >= 0.3 is 0 Å². The fraction of sp³-hybridized carbons (Fsp3) is 0.0769. The monoisotopic (exact) mass is 277 g/mol. The minimum absolute atomic E-state index is 0.0313. The lowest BCUT2D eigenvalue weighted by atomic mass is 10.2. The standard InChI is InChI=1S/C13H12NO4P/c15-14(16)12-8-6-11(7-9-12)10-19(17,18)13-4-2-1-3-5-13/h1-9H,10H2,(H,17,18). The van der Waals surface area contributed by atoms with Crippen molar-refractivity contribution < 1.29 is 14.4 Å². The van der Waals surface area contributed by atoms with Gasteiger partial charge < -0.3 is 4.89 Å². The van der Waals surface area contributed by atoms with Crippen molar-refractivity contribution in [2.24, 2.45) is 0 Å². The lowest BCUT2D eigenvalue weighted by Gasteiger charge is -2.11. The Morgan fingerprint density at radius 2 is 1.63 bits per heavy atom. The van der Waals surface area contributed by atoms with Crippen LogP contribution in [0.2, 0.25) is 0 Å². The molecule has 5 nitrogen and oxygen atoms in total. The van der Waals surface area contributed by atoms with Crippen molar-refractivity contribution in [1.29, 1.82) is 0 Å². The number of non-ortho nitro benzene ring substituents is 1. The van der Waals surface area contributed by atoms with E-state index < -0.39 is 12.3 Å². The lowest BCUT2D eigenvalue weighted by molar-refractivity contribution is -0.384. The average molecular weight is 277 g/mol. The highest BCUT2D eigenvalue weighted by molar-refractivity contribution is 7.65. The molecular weight excluding hydrogens is 265 g/mol. The topological polar surface area (TPSA) is 80.4 Å². The zero-order chi connectivity index (χ0) is 13.9. The van der Waals surface area contributed by atoms with Crippen LogP contribution in [-0.2, 0) is 10.7 Å². The predicted octanol–water partition coefficient (Wildman–Crippen LogP) is 2.69. The summed E-state index contributed by atoms with van der Waals surface area (Å²) in [5, 5.41) is 10.9. The van der Waals surface area contributed by atoms with Gasteiger partial charge in [0.15, 0.2) is 0 Å². The van der Waals surface area contributed by atoms with Gasteiger partial charge in [0.25, 0.3) is 5.69 Å². The maximum absolute atomic E-state index is 12.2. The van der Waals surface area contributed by atoms with Gasteiger partial charge in [-0.15, -0.1) is 0 Å². The van der Waals surface area contributed by atoms with Crippen LogP contribution in [0.4, 0.5) is 5.69 Å². The van der Waals surface area contributed by atoms with Gasteiger partial charge in [-0.2, -0.15) is 0 Å². The van der Waals surface area contributed by atoms with Crippen molar-refractivity contribution in [3.05, 3.63) is 70.3 Å². The second kappa shape index (κ2) is 5.34. The Morgan fingerprint density at radius 1 is 1.05 bits per heavy atom. The van der Waals surface area contributed by atoms with Gasteiger partial charge in [-0.25, -0.2) is 0 Å². The minimum Gasteiger partial charge on any atom is -0.341 e. The number of benzene rings is 2. The van der Waals surface area contributed by atoms with E-state index in [1.165, 1.54) is 24.3 Å². The summed E-state index contributed by atoms with van der Waals surface area (Å²) in [5.41, 5.74) is 0.566. The van der Waals surface area contributed by atoms with Crippen molar-refractivity contribution in [3.8, 4) is 0 Å². The third-order valence-corrected chi connectivity index (χ3v) is 4.60. The minimum atomic E-state index is -3.48. The SMILES string of the molecule is O=[N+]([O-])c1ccc(CP(=O)(O)c2ccccc2)cc1. The normalized spacial score (nSPS) is 13.7. The van der Waals surface area contributed by atoms with E-state index in [1.807, 2.05) is 0 Å². The summed E-state index contributed by atoms with van der Waals surface area (Å²) >= 11 is 0. The summed E-state index contributed by atoms with van der Waals surface area (Å²) in [6.45, 7) is 0. The Labute approximate surface area is 110 Å². The summed E-state index contributed by atoms with van der Waals surface area (Å²) in [7, 11) is -3.48. The number of nitro benzene ring substituents is 1. The fourth-order valence-corrected chi connectivity index (χ4v) is 3.25. The molecule has 0 aliphatic rings. The molecule has 19 heavy (non-hydrogen) atoms. The lowest BCUT2D eigenvalue weighted by Crippen LogP contribution is -2.05. The van der Waals surface area contributed by atoms with E-state index in [0.29, 0.717) is 10.9 Å². The summed E-state index contributed by atoms with van der Waals surface area (Å²) < 4.78 is 12.2. The molecule has 0 fully saturated rings. The van der Waals surface area contributed by atoms with Crippen LogP contribution < -0.4 is 5.30 Å². The molecule has 0 aliphatic heterocycles. The van der Waals surface area contributed by atoms with Crippen LogP contribution in [0.1, 0.15) is 5.56 Å². The van der Waals surface area contributed by atoms with Crippen molar-refractivity contribution in [3.63, 3.8) is 0 Å². The van der Waals surface area contributed by atoms with Crippen LogP contribution >= 0.6 is 7.37 Å². The van der Waals surface area contributed by atoms with E-state index in [-0.39, 0.29) is 11.8 Å². The molecule has 0 radical (unpaired) electrons. The molecule has 1 unspecified atom stereocenters. The largest absolute Gasteiger partial charge is 0.341 e. The van der Waals surface area contributed by atoms with Gasteiger partial charge in [-0.05, 0) is 17.7 Å². The second-order valence-corrected chi connectivity index (χ2v) is 6.35. The molecule has 2 aromatic carbocycles. The number of hydrogen-bond donors (Lipinski definition) is 1. The summed E-state index contributed by atoms with van der Waals surface area (Å²) in [6, 6.07) is 14.1. The highest BCUT2D eigenvalue weighted by atomic mass is 31.2. The van der Waals surface area contributed by atoms with Gasteiger partial charge in [0.1, 0.15) is 0 Å². The Bertz CT molecular complexity index is 625. The zero-order valence-corrected chi connectivity index (χ0v) is 10.9. The van der Waals surface area contributed by atoms with Crippen molar-refractivity contribution in [1.82, 2.24) is 0 Å². The molecule has 0 saturated carbocycles. The van der Waals surface area contributed by atoms with E-state index in [1.54, 1.807) is 30.3 Å². The first-order valence-corrected chi connectivity index (χ1v) is 7.44. The van der Waals surface area contributed by atoms with E-state index in [2.05, 4.69) is 0 Å². The van der Waals surface area contributed by atoms with E-state index in [0.717, 1.165) is 0 Å². The second-order valence-electron chi connectivity index (χ2n) is 4.12. The molecule has 0 amide bonds. The molecule has 0 aliphatic carbocycles. The van der Waals surface area contributed by atoms with Crippen LogP contribution in [0.25, 0.3) is 0 Å². The molecule has 1 atom stereocenters. The molecule has 0 spiro atoms. The third-order valence-electron chi connectivity index (χ3n) is 2.70. The molecule has 1 N–H and O–H groups in total. The maximum Gasteiger partial charge on any atom is 0.269 e. The number of nitrogens with zero attached hydrogens (tertiary/aromatic N) is 1. The maximum atomic E-state index is 12.2. The third kappa shape index (κ3) is 3.28. The molecule has 0 aromatic heterocycles.